The lowest BCUT2D eigenvalue weighted by molar-refractivity contribution is 0.285. The lowest BCUT2D eigenvalue weighted by atomic mass is 10.2. The summed E-state index contributed by atoms with van der Waals surface area (Å²) in [4.78, 5) is 0. The molecule has 2 nitrogen and oxygen atoms in total. The van der Waals surface area contributed by atoms with Crippen molar-refractivity contribution in [3.63, 3.8) is 0 Å². The van der Waals surface area contributed by atoms with Gasteiger partial charge in [-0.2, -0.15) is 11.8 Å². The Hall–Kier alpha value is 0.270. The summed E-state index contributed by atoms with van der Waals surface area (Å²) in [6.07, 6.45) is 2.97. The summed E-state index contributed by atoms with van der Waals surface area (Å²) in [7, 11) is 0. The average Bonchev–Trinajstić information content (AvgIpc) is 1.99. The minimum atomic E-state index is 0.284. The first kappa shape index (κ1) is 11.3. The van der Waals surface area contributed by atoms with Gasteiger partial charge in [0, 0.05) is 17.9 Å². The molecule has 0 aromatic carbocycles. The summed E-state index contributed by atoms with van der Waals surface area (Å²) in [6.45, 7) is 6.63. The van der Waals surface area contributed by atoms with Gasteiger partial charge in [0.1, 0.15) is 0 Å². The third kappa shape index (κ3) is 6.66. The van der Waals surface area contributed by atoms with Gasteiger partial charge in [-0.3, -0.25) is 0 Å². The smallest absolute Gasteiger partial charge is 0.0443 e. The van der Waals surface area contributed by atoms with Crippen LogP contribution in [-0.2, 0) is 0 Å². The molecule has 0 saturated heterocycles. The second-order valence-electron chi connectivity index (χ2n) is 3.22. The van der Waals surface area contributed by atoms with E-state index in [2.05, 4.69) is 25.4 Å². The van der Waals surface area contributed by atoms with E-state index in [1.165, 1.54) is 0 Å². The molecule has 0 fully saturated rings. The first-order valence-electron chi connectivity index (χ1n) is 3.99. The number of rotatable bonds is 6. The first-order valence-corrected chi connectivity index (χ1v) is 5.21. The van der Waals surface area contributed by atoms with Crippen LogP contribution in [0.25, 0.3) is 0 Å². The van der Waals surface area contributed by atoms with Crippen molar-refractivity contribution in [2.75, 3.05) is 26.0 Å². The van der Waals surface area contributed by atoms with Crippen LogP contribution in [0.5, 0.6) is 0 Å². The molecule has 2 N–H and O–H groups in total. The van der Waals surface area contributed by atoms with Crippen LogP contribution < -0.4 is 5.32 Å². The van der Waals surface area contributed by atoms with Gasteiger partial charge in [-0.05, 0) is 33.1 Å². The summed E-state index contributed by atoms with van der Waals surface area (Å²) < 4.78 is 0.315. The minimum Gasteiger partial charge on any atom is -0.396 e. The third-order valence-electron chi connectivity index (χ3n) is 1.61. The van der Waals surface area contributed by atoms with E-state index in [1.54, 1.807) is 0 Å². The van der Waals surface area contributed by atoms with Crippen LogP contribution >= 0.6 is 11.8 Å². The lowest BCUT2D eigenvalue weighted by Crippen LogP contribution is -2.32. The highest BCUT2D eigenvalue weighted by molar-refractivity contribution is 7.99. The van der Waals surface area contributed by atoms with Gasteiger partial charge in [0.2, 0.25) is 0 Å². The van der Waals surface area contributed by atoms with Crippen molar-refractivity contribution in [2.24, 2.45) is 0 Å². The van der Waals surface area contributed by atoms with Crippen molar-refractivity contribution in [1.29, 1.82) is 0 Å². The van der Waals surface area contributed by atoms with E-state index in [0.717, 1.165) is 19.5 Å². The van der Waals surface area contributed by atoms with Crippen LogP contribution in [-0.4, -0.2) is 35.8 Å². The maximum Gasteiger partial charge on any atom is 0.0443 e. The fourth-order valence-corrected chi connectivity index (χ4v) is 0.912. The molecule has 0 rings (SSSR count). The molecule has 3 heteroatoms. The van der Waals surface area contributed by atoms with E-state index in [1.807, 2.05) is 11.8 Å². The quantitative estimate of drug-likeness (QED) is 0.596. The molecule has 68 valence electrons. The van der Waals surface area contributed by atoms with E-state index in [0.29, 0.717) is 4.75 Å². The molecular formula is C8H19NOS. The van der Waals surface area contributed by atoms with Gasteiger partial charge in [0.25, 0.3) is 0 Å². The van der Waals surface area contributed by atoms with Crippen molar-refractivity contribution in [2.45, 2.75) is 25.0 Å². The summed E-state index contributed by atoms with van der Waals surface area (Å²) in [6, 6.07) is 0. The molecule has 0 bridgehead atoms. The molecule has 0 aromatic rings. The largest absolute Gasteiger partial charge is 0.396 e. The molecule has 11 heavy (non-hydrogen) atoms. The van der Waals surface area contributed by atoms with Gasteiger partial charge in [0.05, 0.1) is 0 Å². The molecule has 0 saturated carbocycles. The molecular weight excluding hydrogens is 158 g/mol. The fraction of sp³-hybridized carbons (Fsp3) is 1.00. The predicted molar refractivity (Wildman–Crippen MR) is 52.2 cm³/mol. The highest BCUT2D eigenvalue weighted by Crippen LogP contribution is 2.19. The number of aliphatic hydroxyl groups excluding tert-OH is 1. The van der Waals surface area contributed by atoms with Gasteiger partial charge < -0.3 is 10.4 Å². The van der Waals surface area contributed by atoms with Crippen molar-refractivity contribution >= 4 is 11.8 Å². The highest BCUT2D eigenvalue weighted by atomic mass is 32.2. The molecule has 0 aromatic heterocycles. The van der Waals surface area contributed by atoms with Crippen LogP contribution in [0.4, 0.5) is 0 Å². The van der Waals surface area contributed by atoms with E-state index in [9.17, 15) is 0 Å². The minimum absolute atomic E-state index is 0.284. The predicted octanol–water partition coefficient (Wildman–Crippen LogP) is 1.10. The maximum atomic E-state index is 8.51. The van der Waals surface area contributed by atoms with E-state index in [4.69, 9.17) is 5.11 Å². The van der Waals surface area contributed by atoms with E-state index in [-0.39, 0.29) is 6.61 Å². The van der Waals surface area contributed by atoms with Crippen LogP contribution in [0.3, 0.4) is 0 Å². The SMILES string of the molecule is CSC(C)(C)CNCCCO. The Balaban J connectivity index is 3.23. The zero-order valence-corrected chi connectivity index (χ0v) is 8.50. The van der Waals surface area contributed by atoms with Crippen molar-refractivity contribution in [3.8, 4) is 0 Å². The van der Waals surface area contributed by atoms with Crippen LogP contribution in [0, 0.1) is 0 Å². The monoisotopic (exact) mass is 177 g/mol. The Morgan fingerprint density at radius 1 is 1.45 bits per heavy atom. The van der Waals surface area contributed by atoms with Gasteiger partial charge in [-0.1, -0.05) is 0 Å². The molecule has 0 aliphatic heterocycles. The summed E-state index contributed by atoms with van der Waals surface area (Å²) >= 11 is 1.86. The normalized spacial score (nSPS) is 12.0. The Kier molecular flexibility index (Phi) is 6.01. The van der Waals surface area contributed by atoms with Gasteiger partial charge in [-0.25, -0.2) is 0 Å². The third-order valence-corrected chi connectivity index (χ3v) is 2.86. The maximum absolute atomic E-state index is 8.51. The Bertz CT molecular complexity index is 96.1. The van der Waals surface area contributed by atoms with Crippen molar-refractivity contribution < 1.29 is 5.11 Å². The van der Waals surface area contributed by atoms with E-state index < -0.39 is 0 Å². The van der Waals surface area contributed by atoms with Crippen LogP contribution in [0.2, 0.25) is 0 Å². The number of thioether (sulfide) groups is 1. The highest BCUT2D eigenvalue weighted by Gasteiger charge is 2.13. The Labute approximate surface area is 73.8 Å². The van der Waals surface area contributed by atoms with Crippen LogP contribution in [0.1, 0.15) is 20.3 Å². The average molecular weight is 177 g/mol. The molecule has 0 aliphatic rings. The second-order valence-corrected chi connectivity index (χ2v) is 4.73. The van der Waals surface area contributed by atoms with Gasteiger partial charge in [0.15, 0.2) is 0 Å². The van der Waals surface area contributed by atoms with E-state index >= 15 is 0 Å². The molecule has 0 heterocycles. The fourth-order valence-electron chi connectivity index (χ4n) is 0.666. The summed E-state index contributed by atoms with van der Waals surface area (Å²) in [5, 5.41) is 11.8. The molecule has 0 aliphatic carbocycles. The Morgan fingerprint density at radius 3 is 2.55 bits per heavy atom. The lowest BCUT2D eigenvalue weighted by Gasteiger charge is -2.22. The summed E-state index contributed by atoms with van der Waals surface area (Å²) in [5.74, 6) is 0. The van der Waals surface area contributed by atoms with Crippen LogP contribution in [0.15, 0.2) is 0 Å². The zero-order valence-electron chi connectivity index (χ0n) is 7.68. The molecule has 0 amide bonds. The second kappa shape index (κ2) is 5.86. The van der Waals surface area contributed by atoms with Gasteiger partial charge in [-0.15, -0.1) is 0 Å². The molecule has 0 radical (unpaired) electrons. The topological polar surface area (TPSA) is 32.3 Å². The van der Waals surface area contributed by atoms with Gasteiger partial charge >= 0.3 is 0 Å². The first-order chi connectivity index (χ1) is 5.12. The molecule has 0 spiro atoms. The number of hydrogen-bond acceptors (Lipinski definition) is 3. The Morgan fingerprint density at radius 2 is 2.09 bits per heavy atom. The summed E-state index contributed by atoms with van der Waals surface area (Å²) in [5.41, 5.74) is 0. The zero-order chi connectivity index (χ0) is 8.74. The number of hydrogen-bond donors (Lipinski definition) is 2. The van der Waals surface area contributed by atoms with Crippen molar-refractivity contribution in [1.82, 2.24) is 5.32 Å². The number of nitrogens with one attached hydrogen (secondary N) is 1. The molecule has 0 atom stereocenters. The van der Waals surface area contributed by atoms with Crippen molar-refractivity contribution in [3.05, 3.63) is 0 Å². The standard InChI is InChI=1S/C8H19NOS/c1-8(2,11-3)7-9-5-4-6-10/h9-10H,4-7H2,1-3H3. The molecule has 0 unspecified atom stereocenters. The number of aliphatic hydroxyl groups is 1.